The summed E-state index contributed by atoms with van der Waals surface area (Å²) in [5.74, 6) is 0.0897. The molecule has 7 heteroatoms. The molecule has 2 rings (SSSR count). The second-order valence-electron chi connectivity index (χ2n) is 2.87. The maximum atomic E-state index is 10.6. The Morgan fingerprint density at radius 3 is 2.81 bits per heavy atom. The van der Waals surface area contributed by atoms with Crippen LogP contribution in [0, 0.1) is 6.07 Å². The predicted molar refractivity (Wildman–Crippen MR) is 62.9 cm³/mol. The molecule has 5 nitrogen and oxygen atoms in total. The van der Waals surface area contributed by atoms with E-state index in [1.807, 2.05) is 4.72 Å². The van der Waals surface area contributed by atoms with E-state index in [0.29, 0.717) is 5.39 Å². The molecule has 1 aromatic heterocycles. The fourth-order valence-corrected chi connectivity index (χ4v) is 1.66. The predicted octanol–water partition coefficient (Wildman–Crippen LogP) is 0.601. The van der Waals surface area contributed by atoms with Gasteiger partial charge in [0.25, 0.3) is 0 Å². The summed E-state index contributed by atoms with van der Waals surface area (Å²) in [7, 11) is -4.30. The van der Waals surface area contributed by atoms with Gasteiger partial charge in [0.1, 0.15) is 5.82 Å². The van der Waals surface area contributed by atoms with E-state index in [0.717, 1.165) is 5.39 Å². The molecule has 0 bridgehead atoms. The number of hydrogen-bond donors (Lipinski definition) is 2. The molecule has 2 N–H and O–H groups in total. The normalized spacial score (nSPS) is 10.8. The summed E-state index contributed by atoms with van der Waals surface area (Å²) in [4.78, 5) is 3.82. The molecule has 0 spiro atoms. The zero-order valence-corrected chi connectivity index (χ0v) is 8.32. The van der Waals surface area contributed by atoms with Gasteiger partial charge < -0.3 is 0 Å². The summed E-state index contributed by atoms with van der Waals surface area (Å²) in [5, 5.41) is 1.30. The van der Waals surface area contributed by atoms with Gasteiger partial charge in [-0.1, -0.05) is 18.2 Å². The molecular weight excluding hydrogens is 239 g/mol. The Hall–Kier alpha value is -0.660. The van der Waals surface area contributed by atoms with E-state index in [1.54, 1.807) is 24.3 Å². The van der Waals surface area contributed by atoms with E-state index in [9.17, 15) is 8.42 Å². The van der Waals surface area contributed by atoms with Crippen LogP contribution in [0.1, 0.15) is 0 Å². The van der Waals surface area contributed by atoms with Gasteiger partial charge in [0.05, 0.1) is 0 Å². The Balaban J connectivity index is 0.00000128. The summed E-state index contributed by atoms with van der Waals surface area (Å²) >= 11 is 0. The quantitative estimate of drug-likeness (QED) is 0.601. The van der Waals surface area contributed by atoms with Crippen LogP contribution in [-0.2, 0) is 10.3 Å². The molecule has 0 fully saturated rings. The fourth-order valence-electron chi connectivity index (χ4n) is 1.25. The Labute approximate surface area is 115 Å². The first-order valence-electron chi connectivity index (χ1n) is 4.07. The van der Waals surface area contributed by atoms with E-state index in [2.05, 4.69) is 11.1 Å². The molecule has 0 saturated heterocycles. The van der Waals surface area contributed by atoms with Gasteiger partial charge in [-0.05, 0) is 17.5 Å². The Kier molecular flexibility index (Phi) is 4.28. The third-order valence-electron chi connectivity index (χ3n) is 1.81. The van der Waals surface area contributed by atoms with Crippen molar-refractivity contribution in [3.63, 3.8) is 0 Å². The van der Waals surface area contributed by atoms with Crippen molar-refractivity contribution < 1.29 is 13.0 Å². The van der Waals surface area contributed by atoms with Crippen LogP contribution in [0.5, 0.6) is 0 Å². The van der Waals surface area contributed by atoms with Gasteiger partial charge in [0.15, 0.2) is 0 Å². The van der Waals surface area contributed by atoms with Crippen molar-refractivity contribution in [1.29, 1.82) is 0 Å². The monoisotopic (exact) mass is 247 g/mol. The molecule has 1 radical (unpaired) electrons. The number of nitrogens with zero attached hydrogens (tertiary/aromatic N) is 1. The first kappa shape index (κ1) is 13.4. The van der Waals surface area contributed by atoms with E-state index in [-0.39, 0.29) is 35.4 Å². The summed E-state index contributed by atoms with van der Waals surface area (Å²) in [6, 6.07) is 9.72. The summed E-state index contributed by atoms with van der Waals surface area (Å²) in [6.45, 7) is 0. The average Bonchev–Trinajstić information content (AvgIpc) is 2.16. The second kappa shape index (κ2) is 5.11. The van der Waals surface area contributed by atoms with E-state index in [4.69, 9.17) is 4.55 Å². The number of nitrogens with one attached hydrogen (secondary N) is 1. The average molecular weight is 247 g/mol. The Bertz CT molecular complexity index is 595. The van der Waals surface area contributed by atoms with Crippen molar-refractivity contribution in [2.24, 2.45) is 0 Å². The van der Waals surface area contributed by atoms with Crippen molar-refractivity contribution in [2.45, 2.75) is 0 Å². The molecule has 0 aliphatic heterocycles. The standard InChI is InChI=1S/C9H7N2O3S.Na.H/c12-15(13,14)11-9-8-4-2-1-3-7(8)5-6-10-9;;/h1-2,4-6H,(H,10,11)(H,12,13,14);;. The first-order valence-corrected chi connectivity index (χ1v) is 5.51. The number of pyridine rings is 1. The van der Waals surface area contributed by atoms with Gasteiger partial charge >= 0.3 is 39.9 Å². The molecule has 1 aromatic carbocycles. The van der Waals surface area contributed by atoms with Crippen LogP contribution in [0.15, 0.2) is 30.5 Å². The molecular formula is C9H8N2NaO3S. The Morgan fingerprint density at radius 1 is 1.38 bits per heavy atom. The van der Waals surface area contributed by atoms with Crippen LogP contribution in [-0.4, -0.2) is 47.5 Å². The molecule has 16 heavy (non-hydrogen) atoms. The van der Waals surface area contributed by atoms with Crippen molar-refractivity contribution in [3.05, 3.63) is 36.5 Å². The summed E-state index contributed by atoms with van der Waals surface area (Å²) < 4.78 is 31.8. The molecule has 0 atom stereocenters. The number of rotatable bonds is 2. The number of benzene rings is 1. The van der Waals surface area contributed by atoms with Crippen molar-refractivity contribution in [3.8, 4) is 0 Å². The van der Waals surface area contributed by atoms with Crippen LogP contribution in [0.2, 0.25) is 0 Å². The third kappa shape index (κ3) is 3.16. The minimum atomic E-state index is -4.30. The minimum absolute atomic E-state index is 0. The molecule has 1 heterocycles. The van der Waals surface area contributed by atoms with E-state index < -0.39 is 10.3 Å². The van der Waals surface area contributed by atoms with Crippen LogP contribution in [0.25, 0.3) is 10.8 Å². The van der Waals surface area contributed by atoms with Crippen LogP contribution < -0.4 is 4.72 Å². The summed E-state index contributed by atoms with van der Waals surface area (Å²) in [5.41, 5.74) is 0. The molecule has 79 valence electrons. The maximum absolute atomic E-state index is 10.6. The number of aromatic nitrogens is 1. The molecule has 0 saturated carbocycles. The van der Waals surface area contributed by atoms with Crippen molar-refractivity contribution in [2.75, 3.05) is 4.72 Å². The van der Waals surface area contributed by atoms with Crippen LogP contribution in [0.4, 0.5) is 5.82 Å². The molecule has 0 aliphatic rings. The third-order valence-corrected chi connectivity index (χ3v) is 2.27. The zero-order chi connectivity index (χ0) is 10.9. The van der Waals surface area contributed by atoms with Gasteiger partial charge in [-0.25, -0.2) is 9.71 Å². The molecule has 2 aromatic rings. The first-order chi connectivity index (χ1) is 7.06. The van der Waals surface area contributed by atoms with Crippen molar-refractivity contribution >= 4 is 56.5 Å². The van der Waals surface area contributed by atoms with Gasteiger partial charge in [0, 0.05) is 11.6 Å². The number of fused-ring (bicyclic) bond motifs is 1. The van der Waals surface area contributed by atoms with Crippen molar-refractivity contribution in [1.82, 2.24) is 4.98 Å². The van der Waals surface area contributed by atoms with E-state index in [1.165, 1.54) is 6.20 Å². The summed E-state index contributed by atoms with van der Waals surface area (Å²) in [6.07, 6.45) is 1.44. The second-order valence-corrected chi connectivity index (χ2v) is 4.02. The van der Waals surface area contributed by atoms with Gasteiger partial charge in [0.2, 0.25) is 0 Å². The van der Waals surface area contributed by atoms with Gasteiger partial charge in [-0.3, -0.25) is 4.55 Å². The fraction of sp³-hybridized carbons (Fsp3) is 0. The number of hydrogen-bond acceptors (Lipinski definition) is 3. The van der Waals surface area contributed by atoms with Gasteiger partial charge in [-0.2, -0.15) is 8.42 Å². The number of anilines is 1. The molecule has 0 amide bonds. The Morgan fingerprint density at radius 2 is 2.12 bits per heavy atom. The topological polar surface area (TPSA) is 79.3 Å². The van der Waals surface area contributed by atoms with Crippen LogP contribution >= 0.6 is 0 Å². The zero-order valence-electron chi connectivity index (χ0n) is 7.51. The van der Waals surface area contributed by atoms with Crippen LogP contribution in [0.3, 0.4) is 0 Å². The van der Waals surface area contributed by atoms with Gasteiger partial charge in [-0.15, -0.1) is 0 Å². The van der Waals surface area contributed by atoms with E-state index >= 15 is 0 Å². The molecule has 0 aliphatic carbocycles. The SMILES string of the molecule is O=S(=O)(O)Nc1nccc2[c]cccc12.[NaH]. The molecule has 0 unspecified atom stereocenters.